The van der Waals surface area contributed by atoms with Crippen molar-refractivity contribution in [3.05, 3.63) is 120 Å². The standard InChI is InChI=1S/C28H27NO4S/c1-3-19-33-27(32)29-25(31)24(20(2)30)26(29)34-28(21-13-7-4-8-14-21,22-15-9-5-10-16-22)23-17-11-6-12-18-23/h3-18,20,24,26,30H,1,19H2,2H3/t20?,24-,26+/m0/s1. The van der Waals surface area contributed by atoms with Crippen molar-refractivity contribution in [1.29, 1.82) is 0 Å². The fourth-order valence-electron chi connectivity index (χ4n) is 4.35. The Bertz CT molecular complexity index is 1040. The van der Waals surface area contributed by atoms with Gasteiger partial charge in [0.1, 0.15) is 12.0 Å². The molecule has 1 aliphatic heterocycles. The highest BCUT2D eigenvalue weighted by Gasteiger charge is 2.57. The van der Waals surface area contributed by atoms with Crippen molar-refractivity contribution in [2.75, 3.05) is 6.61 Å². The molecule has 0 saturated carbocycles. The van der Waals surface area contributed by atoms with Gasteiger partial charge in [0.25, 0.3) is 0 Å². The van der Waals surface area contributed by atoms with E-state index in [1.54, 1.807) is 6.92 Å². The van der Waals surface area contributed by atoms with Crippen LogP contribution in [0.2, 0.25) is 0 Å². The van der Waals surface area contributed by atoms with Crippen LogP contribution in [0, 0.1) is 5.92 Å². The average molecular weight is 474 g/mol. The SMILES string of the molecule is C=CCOC(=O)N1C(=O)[C@H](C(C)O)[C@H]1SC(c1ccccc1)(c1ccccc1)c1ccccc1. The first-order valence-electron chi connectivity index (χ1n) is 11.1. The van der Waals surface area contributed by atoms with Crippen molar-refractivity contribution in [3.8, 4) is 0 Å². The molecule has 4 rings (SSSR count). The van der Waals surface area contributed by atoms with E-state index in [9.17, 15) is 14.7 Å². The zero-order valence-electron chi connectivity index (χ0n) is 18.9. The molecule has 1 heterocycles. The highest BCUT2D eigenvalue weighted by Crippen LogP contribution is 2.54. The van der Waals surface area contributed by atoms with Crippen LogP contribution in [0.15, 0.2) is 104 Å². The van der Waals surface area contributed by atoms with Gasteiger partial charge in [0.15, 0.2) is 0 Å². The van der Waals surface area contributed by atoms with Crippen molar-refractivity contribution in [2.45, 2.75) is 23.1 Å². The van der Waals surface area contributed by atoms with Crippen LogP contribution in [0.25, 0.3) is 0 Å². The normalized spacial score (nSPS) is 18.6. The molecular formula is C28H27NO4S. The molecule has 5 nitrogen and oxygen atoms in total. The molecule has 6 heteroatoms. The minimum Gasteiger partial charge on any atom is -0.445 e. The number of carbonyl (C=O) groups is 2. The number of benzene rings is 3. The molecule has 1 saturated heterocycles. The molecule has 1 N–H and O–H groups in total. The number of β-lactam (4-membered cyclic amide) rings is 1. The molecule has 3 aromatic carbocycles. The molecule has 2 amide bonds. The first-order chi connectivity index (χ1) is 16.5. The van der Waals surface area contributed by atoms with Crippen LogP contribution in [-0.2, 0) is 14.3 Å². The predicted octanol–water partition coefficient (Wildman–Crippen LogP) is 5.20. The van der Waals surface area contributed by atoms with E-state index in [-0.39, 0.29) is 6.61 Å². The zero-order valence-corrected chi connectivity index (χ0v) is 19.7. The van der Waals surface area contributed by atoms with Gasteiger partial charge in [-0.15, -0.1) is 11.8 Å². The fourth-order valence-corrected chi connectivity index (χ4v) is 6.32. The molecule has 1 unspecified atom stereocenters. The third kappa shape index (κ3) is 4.27. The van der Waals surface area contributed by atoms with Gasteiger partial charge in [-0.1, -0.05) is 104 Å². The van der Waals surface area contributed by atoms with Crippen molar-refractivity contribution in [1.82, 2.24) is 4.90 Å². The number of hydrogen-bond donors (Lipinski definition) is 1. The van der Waals surface area contributed by atoms with Gasteiger partial charge in [-0.05, 0) is 23.6 Å². The van der Waals surface area contributed by atoms with E-state index in [0.29, 0.717) is 0 Å². The summed E-state index contributed by atoms with van der Waals surface area (Å²) >= 11 is 1.47. The first-order valence-corrected chi connectivity index (χ1v) is 12.0. The van der Waals surface area contributed by atoms with Crippen LogP contribution < -0.4 is 0 Å². The number of likely N-dealkylation sites (tertiary alicyclic amines) is 1. The molecule has 3 aromatic rings. The number of rotatable bonds is 8. The number of amides is 2. The van der Waals surface area contributed by atoms with Gasteiger partial charge in [-0.3, -0.25) is 4.79 Å². The molecule has 0 spiro atoms. The summed E-state index contributed by atoms with van der Waals surface area (Å²) in [7, 11) is 0. The number of carbonyl (C=O) groups excluding carboxylic acids is 2. The minimum atomic E-state index is -0.923. The largest absolute Gasteiger partial charge is 0.445 e. The number of aliphatic hydroxyl groups excluding tert-OH is 1. The topological polar surface area (TPSA) is 66.8 Å². The Hall–Kier alpha value is -3.35. The third-order valence-corrected chi connectivity index (χ3v) is 7.77. The molecular weight excluding hydrogens is 446 g/mol. The number of ether oxygens (including phenoxy) is 1. The van der Waals surface area contributed by atoms with E-state index < -0.39 is 34.1 Å². The maximum atomic E-state index is 12.9. The molecule has 0 aromatic heterocycles. The molecule has 174 valence electrons. The van der Waals surface area contributed by atoms with E-state index in [1.165, 1.54) is 17.8 Å². The van der Waals surface area contributed by atoms with Crippen molar-refractivity contribution < 1.29 is 19.4 Å². The van der Waals surface area contributed by atoms with Crippen LogP contribution in [-0.4, -0.2) is 40.1 Å². The van der Waals surface area contributed by atoms with E-state index in [2.05, 4.69) is 6.58 Å². The molecule has 0 radical (unpaired) electrons. The molecule has 3 atom stereocenters. The van der Waals surface area contributed by atoms with Gasteiger partial charge < -0.3 is 9.84 Å². The Morgan fingerprint density at radius 2 is 1.44 bits per heavy atom. The van der Waals surface area contributed by atoms with Gasteiger partial charge in [-0.2, -0.15) is 0 Å². The maximum absolute atomic E-state index is 12.9. The van der Waals surface area contributed by atoms with Gasteiger partial charge in [0.2, 0.25) is 5.91 Å². The Kier molecular flexibility index (Phi) is 7.20. The van der Waals surface area contributed by atoms with Crippen LogP contribution >= 0.6 is 11.8 Å². The highest BCUT2D eigenvalue weighted by atomic mass is 32.2. The fraction of sp³-hybridized carbons (Fsp3) is 0.214. The summed E-state index contributed by atoms with van der Waals surface area (Å²) in [6.45, 7) is 5.15. The van der Waals surface area contributed by atoms with Crippen molar-refractivity contribution in [3.63, 3.8) is 0 Å². The molecule has 1 fully saturated rings. The number of thioether (sulfide) groups is 1. The van der Waals surface area contributed by atoms with E-state index in [1.807, 2.05) is 91.0 Å². The molecule has 34 heavy (non-hydrogen) atoms. The lowest BCUT2D eigenvalue weighted by Gasteiger charge is -2.49. The summed E-state index contributed by atoms with van der Waals surface area (Å²) in [6, 6.07) is 30.0. The number of nitrogens with zero attached hydrogens (tertiary/aromatic N) is 1. The predicted molar refractivity (Wildman–Crippen MR) is 134 cm³/mol. The van der Waals surface area contributed by atoms with E-state index in [0.717, 1.165) is 21.6 Å². The highest BCUT2D eigenvalue weighted by molar-refractivity contribution is 8.01. The number of aliphatic hydroxyl groups is 1. The third-order valence-electron chi connectivity index (χ3n) is 5.96. The first kappa shape index (κ1) is 23.8. The van der Waals surface area contributed by atoms with Crippen LogP contribution in [0.1, 0.15) is 23.6 Å². The summed E-state index contributed by atoms with van der Waals surface area (Å²) in [5, 5.41) is 9.83. The summed E-state index contributed by atoms with van der Waals surface area (Å²) in [6.07, 6.45) is -0.200. The van der Waals surface area contributed by atoms with Gasteiger partial charge in [0.05, 0.1) is 16.8 Å². The average Bonchev–Trinajstić information content (AvgIpc) is 2.86. The van der Waals surface area contributed by atoms with Crippen LogP contribution in [0.5, 0.6) is 0 Å². The summed E-state index contributed by atoms with van der Waals surface area (Å²) in [5.74, 6) is -1.18. The lowest BCUT2D eigenvalue weighted by Crippen LogP contribution is -2.65. The van der Waals surface area contributed by atoms with Gasteiger partial charge in [-0.25, -0.2) is 9.69 Å². The zero-order chi connectivity index (χ0) is 24.1. The van der Waals surface area contributed by atoms with E-state index >= 15 is 0 Å². The second kappa shape index (κ2) is 10.3. The molecule has 1 aliphatic rings. The second-order valence-corrected chi connectivity index (χ2v) is 9.46. The Labute approximate surface area is 204 Å². The second-order valence-electron chi connectivity index (χ2n) is 8.13. The van der Waals surface area contributed by atoms with Gasteiger partial charge >= 0.3 is 6.09 Å². The summed E-state index contributed by atoms with van der Waals surface area (Å²) in [5.41, 5.74) is 3.00. The molecule has 0 bridgehead atoms. The maximum Gasteiger partial charge on any atom is 0.417 e. The number of imide groups is 1. The van der Waals surface area contributed by atoms with Crippen LogP contribution in [0.3, 0.4) is 0 Å². The number of hydrogen-bond acceptors (Lipinski definition) is 5. The van der Waals surface area contributed by atoms with Gasteiger partial charge in [0, 0.05) is 0 Å². The molecule has 0 aliphatic carbocycles. The minimum absolute atomic E-state index is 0.000540. The Morgan fingerprint density at radius 1 is 1.00 bits per heavy atom. The quantitative estimate of drug-likeness (QED) is 0.277. The lowest BCUT2D eigenvalue weighted by molar-refractivity contribution is -0.152. The van der Waals surface area contributed by atoms with Crippen molar-refractivity contribution >= 4 is 23.8 Å². The smallest absolute Gasteiger partial charge is 0.417 e. The Morgan fingerprint density at radius 3 is 1.82 bits per heavy atom. The van der Waals surface area contributed by atoms with E-state index in [4.69, 9.17) is 4.74 Å². The van der Waals surface area contributed by atoms with Crippen LogP contribution in [0.4, 0.5) is 4.79 Å². The lowest BCUT2D eigenvalue weighted by atomic mass is 9.84. The summed E-state index contributed by atoms with van der Waals surface area (Å²) in [4.78, 5) is 26.9. The Balaban J connectivity index is 1.89. The summed E-state index contributed by atoms with van der Waals surface area (Å²) < 4.78 is 4.46. The van der Waals surface area contributed by atoms with Crippen molar-refractivity contribution in [2.24, 2.45) is 5.92 Å². The monoisotopic (exact) mass is 473 g/mol.